The number of unbranched alkanes of at least 4 members (excludes halogenated alkanes) is 3. The van der Waals surface area contributed by atoms with Gasteiger partial charge in [0.1, 0.15) is 0 Å². The third kappa shape index (κ3) is 8.79. The lowest BCUT2D eigenvalue weighted by Crippen LogP contribution is -2.05. The third-order valence-electron chi connectivity index (χ3n) is 1.74. The van der Waals surface area contributed by atoms with Crippen LogP contribution in [-0.4, -0.2) is 12.6 Å². The highest BCUT2D eigenvalue weighted by Gasteiger charge is 2.00. The summed E-state index contributed by atoms with van der Waals surface area (Å²) in [6.07, 6.45) is 6.03. The average molecular weight is 195 g/mol. The van der Waals surface area contributed by atoms with Crippen LogP contribution in [0.5, 0.6) is 0 Å². The Morgan fingerprint density at radius 3 is 2.86 bits per heavy atom. The molecule has 0 atom stereocenters. The number of esters is 1. The van der Waals surface area contributed by atoms with E-state index in [0.29, 0.717) is 19.4 Å². The maximum absolute atomic E-state index is 11.0. The smallest absolute Gasteiger partial charge is 0.305 e. The van der Waals surface area contributed by atoms with Crippen LogP contribution >= 0.6 is 0 Å². The quantitative estimate of drug-likeness (QED) is 0.340. The molecule has 3 heteroatoms. The standard InChI is InChI=1S/C11H17NO2/c1-2-3-5-8-11(13)14-10-7-4-6-9-12/h2H,1,3-8,10H2. The molecule has 0 aromatic carbocycles. The van der Waals surface area contributed by atoms with E-state index in [0.717, 1.165) is 25.7 Å². The molecule has 14 heavy (non-hydrogen) atoms. The molecular formula is C11H17NO2. The second kappa shape index (κ2) is 9.79. The Labute approximate surface area is 85.4 Å². The van der Waals surface area contributed by atoms with Crippen LogP contribution in [0.15, 0.2) is 12.7 Å². The van der Waals surface area contributed by atoms with E-state index in [2.05, 4.69) is 6.58 Å². The van der Waals surface area contributed by atoms with Crippen LogP contribution in [0.4, 0.5) is 0 Å². The summed E-state index contributed by atoms with van der Waals surface area (Å²) in [6.45, 7) is 4.01. The molecule has 0 rings (SSSR count). The van der Waals surface area contributed by atoms with Gasteiger partial charge in [-0.25, -0.2) is 0 Å². The van der Waals surface area contributed by atoms with Crippen molar-refractivity contribution in [2.75, 3.05) is 6.61 Å². The summed E-state index contributed by atoms with van der Waals surface area (Å²) in [6, 6.07) is 2.05. The molecule has 0 aromatic heterocycles. The van der Waals surface area contributed by atoms with Crippen LogP contribution in [0.25, 0.3) is 0 Å². The molecule has 0 heterocycles. The highest BCUT2D eigenvalue weighted by atomic mass is 16.5. The second-order valence-corrected chi connectivity index (χ2v) is 3.02. The van der Waals surface area contributed by atoms with Crippen molar-refractivity contribution in [3.05, 3.63) is 12.7 Å². The molecule has 0 aliphatic heterocycles. The Morgan fingerprint density at radius 1 is 1.43 bits per heavy atom. The van der Waals surface area contributed by atoms with Crippen molar-refractivity contribution in [2.45, 2.75) is 38.5 Å². The number of nitrogens with zero attached hydrogens (tertiary/aromatic N) is 1. The van der Waals surface area contributed by atoms with Gasteiger partial charge >= 0.3 is 5.97 Å². The number of hydrogen-bond acceptors (Lipinski definition) is 3. The normalized spacial score (nSPS) is 9.07. The molecule has 0 saturated heterocycles. The highest BCUT2D eigenvalue weighted by Crippen LogP contribution is 2.00. The van der Waals surface area contributed by atoms with Gasteiger partial charge in [-0.1, -0.05) is 6.08 Å². The first-order valence-electron chi connectivity index (χ1n) is 4.94. The number of carbonyl (C=O) groups excluding carboxylic acids is 1. The van der Waals surface area contributed by atoms with Crippen molar-refractivity contribution < 1.29 is 9.53 Å². The minimum Gasteiger partial charge on any atom is -0.466 e. The molecule has 0 unspecified atom stereocenters. The van der Waals surface area contributed by atoms with Gasteiger partial charge in [-0.15, -0.1) is 6.58 Å². The minimum absolute atomic E-state index is 0.149. The highest BCUT2D eigenvalue weighted by molar-refractivity contribution is 5.69. The van der Waals surface area contributed by atoms with Crippen LogP contribution < -0.4 is 0 Å². The Morgan fingerprint density at radius 2 is 2.21 bits per heavy atom. The number of allylic oxidation sites excluding steroid dienone is 1. The van der Waals surface area contributed by atoms with E-state index >= 15 is 0 Å². The summed E-state index contributed by atoms with van der Waals surface area (Å²) in [4.78, 5) is 11.0. The number of nitriles is 1. The topological polar surface area (TPSA) is 50.1 Å². The largest absolute Gasteiger partial charge is 0.466 e. The van der Waals surface area contributed by atoms with Crippen molar-refractivity contribution in [2.24, 2.45) is 0 Å². The van der Waals surface area contributed by atoms with Gasteiger partial charge in [-0.05, 0) is 25.7 Å². The van der Waals surface area contributed by atoms with Crippen molar-refractivity contribution in [3.8, 4) is 6.07 Å². The van der Waals surface area contributed by atoms with E-state index in [1.807, 2.05) is 6.07 Å². The molecular weight excluding hydrogens is 178 g/mol. The van der Waals surface area contributed by atoms with Gasteiger partial charge in [-0.3, -0.25) is 4.79 Å². The molecule has 0 bridgehead atoms. The molecule has 0 spiro atoms. The fourth-order valence-electron chi connectivity index (χ4n) is 0.955. The minimum atomic E-state index is -0.149. The van der Waals surface area contributed by atoms with Crippen molar-refractivity contribution in [3.63, 3.8) is 0 Å². The Balaban J connectivity index is 3.19. The van der Waals surface area contributed by atoms with Gasteiger partial charge in [0.2, 0.25) is 0 Å². The predicted octanol–water partition coefficient (Wildman–Crippen LogP) is 2.58. The molecule has 0 N–H and O–H groups in total. The van der Waals surface area contributed by atoms with Gasteiger partial charge in [0.05, 0.1) is 12.7 Å². The van der Waals surface area contributed by atoms with Crippen LogP contribution in [0.3, 0.4) is 0 Å². The van der Waals surface area contributed by atoms with E-state index in [9.17, 15) is 4.79 Å². The van der Waals surface area contributed by atoms with Gasteiger partial charge in [-0.2, -0.15) is 5.26 Å². The zero-order valence-corrected chi connectivity index (χ0v) is 8.50. The number of hydrogen-bond donors (Lipinski definition) is 0. The number of carbonyl (C=O) groups is 1. The van der Waals surface area contributed by atoms with Gasteiger partial charge in [0, 0.05) is 12.8 Å². The maximum atomic E-state index is 11.0. The lowest BCUT2D eigenvalue weighted by molar-refractivity contribution is -0.143. The summed E-state index contributed by atoms with van der Waals surface area (Å²) >= 11 is 0. The number of rotatable bonds is 8. The zero-order valence-electron chi connectivity index (χ0n) is 8.50. The Kier molecular flexibility index (Phi) is 8.88. The predicted molar refractivity (Wildman–Crippen MR) is 54.5 cm³/mol. The van der Waals surface area contributed by atoms with Crippen molar-refractivity contribution in [1.82, 2.24) is 0 Å². The van der Waals surface area contributed by atoms with Crippen LogP contribution in [0.1, 0.15) is 38.5 Å². The van der Waals surface area contributed by atoms with Crippen LogP contribution in [0, 0.1) is 11.3 Å². The van der Waals surface area contributed by atoms with E-state index in [4.69, 9.17) is 10.00 Å². The molecule has 0 amide bonds. The molecule has 0 saturated carbocycles. The Bertz CT molecular complexity index is 206. The van der Waals surface area contributed by atoms with Gasteiger partial charge in [0.25, 0.3) is 0 Å². The monoisotopic (exact) mass is 195 g/mol. The lowest BCUT2D eigenvalue weighted by atomic mass is 10.2. The maximum Gasteiger partial charge on any atom is 0.305 e. The molecule has 0 radical (unpaired) electrons. The molecule has 0 aliphatic carbocycles. The van der Waals surface area contributed by atoms with E-state index in [-0.39, 0.29) is 5.97 Å². The first-order chi connectivity index (χ1) is 6.81. The van der Waals surface area contributed by atoms with Crippen molar-refractivity contribution >= 4 is 5.97 Å². The molecule has 78 valence electrons. The first-order valence-corrected chi connectivity index (χ1v) is 4.94. The number of ether oxygens (including phenoxy) is 1. The van der Waals surface area contributed by atoms with Crippen LogP contribution in [0.2, 0.25) is 0 Å². The van der Waals surface area contributed by atoms with E-state index in [1.165, 1.54) is 0 Å². The van der Waals surface area contributed by atoms with Crippen LogP contribution in [-0.2, 0) is 9.53 Å². The summed E-state index contributed by atoms with van der Waals surface area (Å²) < 4.78 is 4.95. The molecule has 3 nitrogen and oxygen atoms in total. The fraction of sp³-hybridized carbons (Fsp3) is 0.636. The summed E-state index contributed by atoms with van der Waals surface area (Å²) in [5.74, 6) is -0.149. The van der Waals surface area contributed by atoms with Gasteiger partial charge < -0.3 is 4.74 Å². The summed E-state index contributed by atoms with van der Waals surface area (Å²) in [7, 11) is 0. The fourth-order valence-corrected chi connectivity index (χ4v) is 0.955. The SMILES string of the molecule is C=CCCCC(=O)OCCCCC#N. The molecule has 0 aliphatic rings. The Hall–Kier alpha value is -1.30. The lowest BCUT2D eigenvalue weighted by Gasteiger charge is -2.02. The molecule has 0 aromatic rings. The van der Waals surface area contributed by atoms with Crippen molar-refractivity contribution in [1.29, 1.82) is 5.26 Å². The third-order valence-corrected chi connectivity index (χ3v) is 1.74. The zero-order chi connectivity index (χ0) is 10.6. The van der Waals surface area contributed by atoms with E-state index < -0.39 is 0 Å². The first kappa shape index (κ1) is 12.7. The summed E-state index contributed by atoms with van der Waals surface area (Å²) in [5.41, 5.74) is 0. The average Bonchev–Trinajstić information content (AvgIpc) is 2.18. The van der Waals surface area contributed by atoms with Gasteiger partial charge in [0.15, 0.2) is 0 Å². The van der Waals surface area contributed by atoms with E-state index in [1.54, 1.807) is 6.08 Å². The molecule has 0 fully saturated rings. The second-order valence-electron chi connectivity index (χ2n) is 3.02. The summed E-state index contributed by atoms with van der Waals surface area (Å²) in [5, 5.41) is 8.25.